The van der Waals surface area contributed by atoms with E-state index in [1.807, 2.05) is 0 Å². The lowest BCUT2D eigenvalue weighted by molar-refractivity contribution is -0.118. The van der Waals surface area contributed by atoms with Crippen molar-refractivity contribution in [3.8, 4) is 17.2 Å². The highest BCUT2D eigenvalue weighted by Gasteiger charge is 2.16. The molecule has 9 heteroatoms. The highest BCUT2D eigenvalue weighted by atomic mass is 32.1. The summed E-state index contributed by atoms with van der Waals surface area (Å²) in [4.78, 5) is 24.4. The molecule has 1 aliphatic rings. The molecule has 0 saturated carbocycles. The van der Waals surface area contributed by atoms with Crippen LogP contribution in [0.4, 0.5) is 11.4 Å². The number of carbonyl (C=O) groups is 2. The van der Waals surface area contributed by atoms with Gasteiger partial charge in [0, 0.05) is 23.2 Å². The Balaban J connectivity index is 1.64. The lowest BCUT2D eigenvalue weighted by Gasteiger charge is -2.19. The second-order valence-corrected chi connectivity index (χ2v) is 7.23. The number of nitrogens with one attached hydrogen (secondary N) is 3. The quantitative estimate of drug-likeness (QED) is 0.628. The van der Waals surface area contributed by atoms with Gasteiger partial charge in [-0.05, 0) is 42.5 Å². The molecular formula is C21H23N3O5S. The van der Waals surface area contributed by atoms with Crippen molar-refractivity contribution >= 4 is 40.5 Å². The molecule has 30 heavy (non-hydrogen) atoms. The Morgan fingerprint density at radius 3 is 2.47 bits per heavy atom. The van der Waals surface area contributed by atoms with Gasteiger partial charge in [-0.1, -0.05) is 13.8 Å². The van der Waals surface area contributed by atoms with Crippen LogP contribution >= 0.6 is 12.2 Å². The SMILES string of the molecule is COc1cc(NC(=S)NC(=O)c2ccc3c(c2)OCCO3)ccc1NC(=O)C(C)C. The van der Waals surface area contributed by atoms with Crippen LogP contribution in [-0.2, 0) is 4.79 Å². The van der Waals surface area contributed by atoms with Crippen LogP contribution in [-0.4, -0.2) is 37.3 Å². The van der Waals surface area contributed by atoms with E-state index in [0.717, 1.165) is 0 Å². The van der Waals surface area contributed by atoms with E-state index in [4.69, 9.17) is 26.4 Å². The van der Waals surface area contributed by atoms with E-state index in [1.54, 1.807) is 50.2 Å². The fraction of sp³-hybridized carbons (Fsp3) is 0.286. The van der Waals surface area contributed by atoms with E-state index < -0.39 is 0 Å². The first-order chi connectivity index (χ1) is 14.4. The monoisotopic (exact) mass is 429 g/mol. The van der Waals surface area contributed by atoms with Crippen molar-refractivity contribution in [2.45, 2.75) is 13.8 Å². The van der Waals surface area contributed by atoms with E-state index in [0.29, 0.717) is 47.4 Å². The van der Waals surface area contributed by atoms with Crippen LogP contribution in [0.2, 0.25) is 0 Å². The maximum atomic E-state index is 12.5. The van der Waals surface area contributed by atoms with Crippen molar-refractivity contribution in [1.82, 2.24) is 5.32 Å². The molecule has 0 fully saturated rings. The minimum Gasteiger partial charge on any atom is -0.494 e. The Kier molecular flexibility index (Phi) is 6.73. The summed E-state index contributed by atoms with van der Waals surface area (Å²) in [5.41, 5.74) is 1.54. The predicted molar refractivity (Wildman–Crippen MR) is 118 cm³/mol. The maximum absolute atomic E-state index is 12.5. The molecule has 0 aromatic heterocycles. The Morgan fingerprint density at radius 1 is 1.03 bits per heavy atom. The second-order valence-electron chi connectivity index (χ2n) is 6.83. The molecule has 3 rings (SSSR count). The lowest BCUT2D eigenvalue weighted by atomic mass is 10.2. The van der Waals surface area contributed by atoms with Crippen molar-refractivity contribution < 1.29 is 23.8 Å². The Labute approximate surface area is 179 Å². The molecule has 0 radical (unpaired) electrons. The van der Waals surface area contributed by atoms with Crippen LogP contribution in [0, 0.1) is 5.92 Å². The minimum atomic E-state index is -0.378. The van der Waals surface area contributed by atoms with E-state index >= 15 is 0 Å². The summed E-state index contributed by atoms with van der Waals surface area (Å²) < 4.78 is 16.3. The molecule has 2 amide bonds. The number of ether oxygens (including phenoxy) is 3. The highest BCUT2D eigenvalue weighted by molar-refractivity contribution is 7.80. The summed E-state index contributed by atoms with van der Waals surface area (Å²) >= 11 is 5.24. The summed E-state index contributed by atoms with van der Waals surface area (Å²) in [5, 5.41) is 8.48. The molecule has 0 saturated heterocycles. The van der Waals surface area contributed by atoms with Crippen molar-refractivity contribution in [3.05, 3.63) is 42.0 Å². The maximum Gasteiger partial charge on any atom is 0.257 e. The normalized spacial score (nSPS) is 12.1. The van der Waals surface area contributed by atoms with E-state index in [2.05, 4.69) is 16.0 Å². The molecule has 0 spiro atoms. The van der Waals surface area contributed by atoms with Crippen LogP contribution in [0.25, 0.3) is 0 Å². The van der Waals surface area contributed by atoms with Gasteiger partial charge in [0.15, 0.2) is 16.6 Å². The number of amides is 2. The number of hydrogen-bond donors (Lipinski definition) is 3. The molecule has 158 valence electrons. The largest absolute Gasteiger partial charge is 0.494 e. The van der Waals surface area contributed by atoms with Crippen molar-refractivity contribution in [3.63, 3.8) is 0 Å². The summed E-state index contributed by atoms with van der Waals surface area (Å²) in [6.45, 7) is 4.53. The topological polar surface area (TPSA) is 97.9 Å². The van der Waals surface area contributed by atoms with Gasteiger partial charge in [0.25, 0.3) is 5.91 Å². The Morgan fingerprint density at radius 2 is 1.77 bits per heavy atom. The lowest BCUT2D eigenvalue weighted by Crippen LogP contribution is -2.34. The number of rotatable bonds is 5. The van der Waals surface area contributed by atoms with Gasteiger partial charge in [0.1, 0.15) is 19.0 Å². The first kappa shape index (κ1) is 21.4. The number of hydrogen-bond acceptors (Lipinski definition) is 6. The van der Waals surface area contributed by atoms with Crippen LogP contribution in [0.3, 0.4) is 0 Å². The summed E-state index contributed by atoms with van der Waals surface area (Å²) in [7, 11) is 1.51. The van der Waals surface area contributed by atoms with Gasteiger partial charge in [-0.3, -0.25) is 14.9 Å². The zero-order chi connectivity index (χ0) is 21.7. The van der Waals surface area contributed by atoms with Crippen LogP contribution < -0.4 is 30.2 Å². The molecule has 2 aromatic rings. The third-order valence-electron chi connectivity index (χ3n) is 4.27. The molecule has 2 aromatic carbocycles. The number of carbonyl (C=O) groups excluding carboxylic acids is 2. The minimum absolute atomic E-state index is 0.115. The zero-order valence-corrected chi connectivity index (χ0v) is 17.7. The fourth-order valence-electron chi connectivity index (χ4n) is 2.67. The molecule has 1 heterocycles. The second kappa shape index (κ2) is 9.45. The Bertz CT molecular complexity index is 977. The van der Waals surface area contributed by atoms with Crippen LogP contribution in [0.15, 0.2) is 36.4 Å². The van der Waals surface area contributed by atoms with Crippen molar-refractivity contribution in [2.75, 3.05) is 31.0 Å². The summed E-state index contributed by atoms with van der Waals surface area (Å²) in [6, 6.07) is 10.0. The van der Waals surface area contributed by atoms with E-state index in [9.17, 15) is 9.59 Å². The fourth-order valence-corrected chi connectivity index (χ4v) is 2.88. The predicted octanol–water partition coefficient (Wildman–Crippen LogP) is 3.19. The number of benzene rings is 2. The molecule has 0 unspecified atom stereocenters. The van der Waals surface area contributed by atoms with Gasteiger partial charge >= 0.3 is 0 Å². The number of anilines is 2. The van der Waals surface area contributed by atoms with Crippen molar-refractivity contribution in [2.24, 2.45) is 5.92 Å². The average Bonchev–Trinajstić information content (AvgIpc) is 2.74. The third kappa shape index (κ3) is 5.18. The molecule has 0 atom stereocenters. The number of fused-ring (bicyclic) bond motifs is 1. The van der Waals surface area contributed by atoms with Gasteiger partial charge in [0.2, 0.25) is 5.91 Å². The van der Waals surface area contributed by atoms with Crippen LogP contribution in [0.5, 0.6) is 17.2 Å². The summed E-state index contributed by atoms with van der Waals surface area (Å²) in [5.74, 6) is 0.950. The van der Waals surface area contributed by atoms with Crippen molar-refractivity contribution in [1.29, 1.82) is 0 Å². The van der Waals surface area contributed by atoms with E-state index in [-0.39, 0.29) is 22.8 Å². The molecule has 0 bridgehead atoms. The molecular weight excluding hydrogens is 406 g/mol. The zero-order valence-electron chi connectivity index (χ0n) is 16.9. The number of thiocarbonyl (C=S) groups is 1. The van der Waals surface area contributed by atoms with Gasteiger partial charge in [0.05, 0.1) is 12.8 Å². The molecule has 8 nitrogen and oxygen atoms in total. The standard InChI is InChI=1S/C21H23N3O5S/c1-12(2)19(25)23-15-6-5-14(11-17(15)27-3)22-21(30)24-20(26)13-4-7-16-18(10-13)29-9-8-28-16/h4-7,10-12H,8-9H2,1-3H3,(H,23,25)(H2,22,24,26,30). The van der Waals surface area contributed by atoms with Gasteiger partial charge in [-0.2, -0.15) is 0 Å². The smallest absolute Gasteiger partial charge is 0.257 e. The third-order valence-corrected chi connectivity index (χ3v) is 4.48. The molecule has 1 aliphatic heterocycles. The average molecular weight is 429 g/mol. The molecule has 0 aliphatic carbocycles. The summed E-state index contributed by atoms with van der Waals surface area (Å²) in [6.07, 6.45) is 0. The van der Waals surface area contributed by atoms with Crippen LogP contribution in [0.1, 0.15) is 24.2 Å². The highest BCUT2D eigenvalue weighted by Crippen LogP contribution is 2.31. The first-order valence-electron chi connectivity index (χ1n) is 9.38. The number of methoxy groups -OCH3 is 1. The Hall–Kier alpha value is -3.33. The molecule has 3 N–H and O–H groups in total. The first-order valence-corrected chi connectivity index (χ1v) is 9.79. The van der Waals surface area contributed by atoms with E-state index in [1.165, 1.54) is 7.11 Å². The van der Waals surface area contributed by atoms with Gasteiger partial charge in [-0.15, -0.1) is 0 Å². The van der Waals surface area contributed by atoms with Gasteiger partial charge in [-0.25, -0.2) is 0 Å². The van der Waals surface area contributed by atoms with Gasteiger partial charge < -0.3 is 24.8 Å².